The van der Waals surface area contributed by atoms with E-state index in [1.807, 2.05) is 24.7 Å². The van der Waals surface area contributed by atoms with E-state index in [1.54, 1.807) is 18.2 Å². The van der Waals surface area contributed by atoms with E-state index in [0.717, 1.165) is 5.69 Å². The van der Waals surface area contributed by atoms with Crippen molar-refractivity contribution in [3.05, 3.63) is 18.2 Å². The summed E-state index contributed by atoms with van der Waals surface area (Å²) in [5.41, 5.74) is 0.100. The molecule has 0 saturated carbocycles. The Bertz CT molecular complexity index is 511. The highest BCUT2D eigenvalue weighted by Gasteiger charge is 2.48. The van der Waals surface area contributed by atoms with Gasteiger partial charge in [0.2, 0.25) is 5.91 Å². The Kier molecular flexibility index (Phi) is 3.34. The zero-order valence-corrected chi connectivity index (χ0v) is 11.7. The molecule has 1 unspecified atom stereocenters. The van der Waals surface area contributed by atoms with Gasteiger partial charge in [0, 0.05) is 19.8 Å². The fourth-order valence-electron chi connectivity index (χ4n) is 2.47. The Balaban J connectivity index is 2.24. The summed E-state index contributed by atoms with van der Waals surface area (Å²) in [4.78, 5) is 30.0. The maximum atomic E-state index is 12.6. The van der Waals surface area contributed by atoms with Gasteiger partial charge in [-0.05, 0) is 20.3 Å². The SMILES string of the molecule is COC(=O)[C@@H](C)N1CCC(C)(c2cn(C)cn2)C1=O. The third-order valence-electron chi connectivity index (χ3n) is 3.87. The lowest BCUT2D eigenvalue weighted by atomic mass is 9.85. The molecule has 6 nitrogen and oxygen atoms in total. The second kappa shape index (κ2) is 4.68. The van der Waals surface area contributed by atoms with Gasteiger partial charge in [0.05, 0.1) is 24.5 Å². The number of amides is 1. The number of likely N-dealkylation sites (tertiary alicyclic amines) is 1. The molecule has 0 aromatic carbocycles. The lowest BCUT2D eigenvalue weighted by molar-refractivity contribution is -0.151. The van der Waals surface area contributed by atoms with Gasteiger partial charge in [-0.1, -0.05) is 0 Å². The molecule has 1 aromatic rings. The van der Waals surface area contributed by atoms with Gasteiger partial charge in [-0.2, -0.15) is 0 Å². The first kappa shape index (κ1) is 13.6. The molecule has 0 spiro atoms. The van der Waals surface area contributed by atoms with Crippen LogP contribution in [0.1, 0.15) is 26.0 Å². The maximum Gasteiger partial charge on any atom is 0.328 e. The zero-order chi connectivity index (χ0) is 14.2. The molecule has 0 N–H and O–H groups in total. The van der Waals surface area contributed by atoms with Crippen LogP contribution < -0.4 is 0 Å². The number of nitrogens with zero attached hydrogens (tertiary/aromatic N) is 3. The van der Waals surface area contributed by atoms with Crippen molar-refractivity contribution in [2.24, 2.45) is 7.05 Å². The summed E-state index contributed by atoms with van der Waals surface area (Å²) < 4.78 is 6.52. The summed E-state index contributed by atoms with van der Waals surface area (Å²) >= 11 is 0. The minimum Gasteiger partial charge on any atom is -0.467 e. The first-order chi connectivity index (χ1) is 8.90. The molecule has 2 atom stereocenters. The number of carbonyl (C=O) groups is 2. The Morgan fingerprint density at radius 3 is 2.79 bits per heavy atom. The number of methoxy groups -OCH3 is 1. The third-order valence-corrected chi connectivity index (χ3v) is 3.87. The number of ether oxygens (including phenoxy) is 1. The summed E-state index contributed by atoms with van der Waals surface area (Å²) in [6.45, 7) is 4.11. The largest absolute Gasteiger partial charge is 0.467 e. The van der Waals surface area contributed by atoms with E-state index < -0.39 is 17.4 Å². The summed E-state index contributed by atoms with van der Waals surface area (Å²) in [6.07, 6.45) is 4.19. The van der Waals surface area contributed by atoms with Crippen LogP contribution in [0.3, 0.4) is 0 Å². The number of esters is 1. The molecule has 1 amide bonds. The van der Waals surface area contributed by atoms with Gasteiger partial charge in [0.25, 0.3) is 0 Å². The molecule has 1 aliphatic heterocycles. The Morgan fingerprint density at radius 2 is 2.26 bits per heavy atom. The maximum absolute atomic E-state index is 12.6. The van der Waals surface area contributed by atoms with E-state index in [4.69, 9.17) is 4.74 Å². The molecule has 2 heterocycles. The van der Waals surface area contributed by atoms with Crippen LogP contribution >= 0.6 is 0 Å². The van der Waals surface area contributed by atoms with Crippen molar-refractivity contribution in [2.45, 2.75) is 31.7 Å². The van der Waals surface area contributed by atoms with E-state index in [2.05, 4.69) is 4.98 Å². The average molecular weight is 265 g/mol. The molecule has 104 valence electrons. The smallest absolute Gasteiger partial charge is 0.328 e. The first-order valence-electron chi connectivity index (χ1n) is 6.27. The number of hydrogen-bond acceptors (Lipinski definition) is 4. The van der Waals surface area contributed by atoms with Crippen molar-refractivity contribution in [3.8, 4) is 0 Å². The van der Waals surface area contributed by atoms with Crippen LogP contribution in [0.25, 0.3) is 0 Å². The van der Waals surface area contributed by atoms with Crippen LogP contribution in [0.15, 0.2) is 12.5 Å². The van der Waals surface area contributed by atoms with Crippen molar-refractivity contribution >= 4 is 11.9 Å². The highest BCUT2D eigenvalue weighted by molar-refractivity contribution is 5.92. The first-order valence-corrected chi connectivity index (χ1v) is 6.27. The van der Waals surface area contributed by atoms with Crippen LogP contribution in [0, 0.1) is 0 Å². The van der Waals surface area contributed by atoms with Gasteiger partial charge in [0.15, 0.2) is 0 Å². The van der Waals surface area contributed by atoms with Crippen LogP contribution in [0.2, 0.25) is 0 Å². The highest BCUT2D eigenvalue weighted by Crippen LogP contribution is 2.35. The van der Waals surface area contributed by atoms with Gasteiger partial charge >= 0.3 is 5.97 Å². The summed E-state index contributed by atoms with van der Waals surface area (Å²) in [5, 5.41) is 0. The lowest BCUT2D eigenvalue weighted by Crippen LogP contribution is -2.44. The summed E-state index contributed by atoms with van der Waals surface area (Å²) in [6, 6.07) is -0.553. The van der Waals surface area contributed by atoms with Gasteiger partial charge in [-0.15, -0.1) is 0 Å². The topological polar surface area (TPSA) is 64.4 Å². The molecule has 0 aliphatic carbocycles. The molecule has 1 aromatic heterocycles. The third kappa shape index (κ3) is 2.11. The van der Waals surface area contributed by atoms with Gasteiger partial charge in [0.1, 0.15) is 6.04 Å². The highest BCUT2D eigenvalue weighted by atomic mass is 16.5. The van der Waals surface area contributed by atoms with Gasteiger partial charge in [-0.25, -0.2) is 9.78 Å². The number of carbonyl (C=O) groups excluding carboxylic acids is 2. The Labute approximate surface area is 112 Å². The standard InChI is InChI=1S/C13H19N3O3/c1-9(11(17)19-4)16-6-5-13(2,12(16)18)10-7-15(3)8-14-10/h7-9H,5-6H2,1-4H3/t9-,13?/m1/s1. The summed E-state index contributed by atoms with van der Waals surface area (Å²) in [5.74, 6) is -0.456. The molecule has 0 bridgehead atoms. The zero-order valence-electron chi connectivity index (χ0n) is 11.7. The number of aryl methyl sites for hydroxylation is 1. The second-order valence-electron chi connectivity index (χ2n) is 5.20. The predicted octanol–water partition coefficient (Wildman–Crippen LogP) is 0.472. The van der Waals surface area contributed by atoms with Gasteiger partial charge in [-0.3, -0.25) is 4.79 Å². The monoisotopic (exact) mass is 265 g/mol. The van der Waals surface area contributed by atoms with Gasteiger partial charge < -0.3 is 14.2 Å². The fourth-order valence-corrected chi connectivity index (χ4v) is 2.47. The molecule has 1 fully saturated rings. The molecule has 19 heavy (non-hydrogen) atoms. The number of aromatic nitrogens is 2. The van der Waals surface area contributed by atoms with Crippen LogP contribution in [0.4, 0.5) is 0 Å². The Morgan fingerprint density at radius 1 is 1.58 bits per heavy atom. The summed E-state index contributed by atoms with van der Waals surface area (Å²) in [7, 11) is 3.20. The van der Waals surface area contributed by atoms with Crippen LogP contribution in [-0.4, -0.2) is 46.0 Å². The van der Waals surface area contributed by atoms with Crippen molar-refractivity contribution in [1.29, 1.82) is 0 Å². The number of imidazole rings is 1. The van der Waals surface area contributed by atoms with E-state index in [-0.39, 0.29) is 5.91 Å². The van der Waals surface area contributed by atoms with E-state index in [1.165, 1.54) is 7.11 Å². The molecule has 0 radical (unpaired) electrons. The number of hydrogen-bond donors (Lipinski definition) is 0. The normalized spacial score (nSPS) is 24.6. The van der Waals surface area contributed by atoms with Crippen LogP contribution in [-0.2, 0) is 26.8 Å². The number of rotatable bonds is 3. The van der Waals surface area contributed by atoms with Crippen molar-refractivity contribution in [2.75, 3.05) is 13.7 Å². The lowest BCUT2D eigenvalue weighted by Gasteiger charge is -2.25. The minimum absolute atomic E-state index is 0.0656. The van der Waals surface area contributed by atoms with Crippen molar-refractivity contribution in [1.82, 2.24) is 14.5 Å². The molecular formula is C13H19N3O3. The van der Waals surface area contributed by atoms with Crippen molar-refractivity contribution in [3.63, 3.8) is 0 Å². The second-order valence-corrected chi connectivity index (χ2v) is 5.20. The molecular weight excluding hydrogens is 246 g/mol. The quantitative estimate of drug-likeness (QED) is 0.745. The molecule has 2 rings (SSSR count). The van der Waals surface area contributed by atoms with E-state index in [9.17, 15) is 9.59 Å². The fraction of sp³-hybridized carbons (Fsp3) is 0.615. The molecule has 6 heteroatoms. The van der Waals surface area contributed by atoms with Crippen molar-refractivity contribution < 1.29 is 14.3 Å². The molecule has 1 aliphatic rings. The average Bonchev–Trinajstić information content (AvgIpc) is 2.95. The molecule has 1 saturated heterocycles. The van der Waals surface area contributed by atoms with E-state index >= 15 is 0 Å². The predicted molar refractivity (Wildman–Crippen MR) is 68.4 cm³/mol. The van der Waals surface area contributed by atoms with Crippen LogP contribution in [0.5, 0.6) is 0 Å². The Hall–Kier alpha value is -1.85. The minimum atomic E-state index is -0.649. The van der Waals surface area contributed by atoms with E-state index in [0.29, 0.717) is 13.0 Å².